The number of carbonyl (C=O) groups is 1. The van der Waals surface area contributed by atoms with Crippen LogP contribution in [0.2, 0.25) is 0 Å². The summed E-state index contributed by atoms with van der Waals surface area (Å²) in [5, 5.41) is 14.7. The fourth-order valence-electron chi connectivity index (χ4n) is 2.78. The van der Waals surface area contributed by atoms with Crippen molar-refractivity contribution in [3.63, 3.8) is 0 Å². The molecule has 0 aromatic rings. The maximum atomic E-state index is 11.6. The molecule has 1 amide bonds. The van der Waals surface area contributed by atoms with Gasteiger partial charge in [-0.25, -0.2) is 0 Å². The number of nitrogens with one attached hydrogen (secondary N) is 2. The van der Waals surface area contributed by atoms with Crippen molar-refractivity contribution in [1.82, 2.24) is 15.5 Å². The molecule has 0 unspecified atom stereocenters. The van der Waals surface area contributed by atoms with Crippen LogP contribution in [0.4, 0.5) is 0 Å². The van der Waals surface area contributed by atoms with E-state index >= 15 is 0 Å². The van der Waals surface area contributed by atoms with Crippen LogP contribution in [0.25, 0.3) is 0 Å². The molecule has 2 saturated heterocycles. The molecule has 17 heavy (non-hydrogen) atoms. The minimum Gasteiger partial charge on any atom is -0.354 e. The molecule has 2 rings (SSSR count). The van der Waals surface area contributed by atoms with Crippen molar-refractivity contribution in [2.75, 3.05) is 32.7 Å². The number of fused-ring (bicyclic) bond motifs is 1. The van der Waals surface area contributed by atoms with Crippen LogP contribution in [0.15, 0.2) is 0 Å². The van der Waals surface area contributed by atoms with E-state index in [1.807, 2.05) is 6.07 Å². The normalized spacial score (nSPS) is 28.4. The maximum absolute atomic E-state index is 11.6. The van der Waals surface area contributed by atoms with E-state index in [1.165, 1.54) is 12.8 Å². The zero-order chi connectivity index (χ0) is 12.1. The highest BCUT2D eigenvalue weighted by Gasteiger charge is 2.34. The van der Waals surface area contributed by atoms with E-state index in [9.17, 15) is 4.79 Å². The highest BCUT2D eigenvalue weighted by Crippen LogP contribution is 2.24. The van der Waals surface area contributed by atoms with Crippen LogP contribution in [0.5, 0.6) is 0 Å². The third-order valence-electron chi connectivity index (χ3n) is 3.60. The van der Waals surface area contributed by atoms with Gasteiger partial charge < -0.3 is 10.6 Å². The second kappa shape index (κ2) is 5.99. The number of nitrogens with zero attached hydrogens (tertiary/aromatic N) is 2. The lowest BCUT2D eigenvalue weighted by molar-refractivity contribution is -0.122. The summed E-state index contributed by atoms with van der Waals surface area (Å²) in [6.45, 7) is 4.07. The molecule has 0 radical (unpaired) electrons. The highest BCUT2D eigenvalue weighted by molar-refractivity contribution is 5.78. The van der Waals surface area contributed by atoms with Gasteiger partial charge in [-0.3, -0.25) is 9.69 Å². The van der Waals surface area contributed by atoms with Crippen molar-refractivity contribution >= 4 is 5.91 Å². The molecule has 2 N–H and O–H groups in total. The summed E-state index contributed by atoms with van der Waals surface area (Å²) in [5.41, 5.74) is 0. The van der Waals surface area contributed by atoms with E-state index in [1.54, 1.807) is 0 Å². The largest absolute Gasteiger partial charge is 0.354 e. The first-order chi connectivity index (χ1) is 8.29. The number of rotatable bonds is 4. The second-order valence-electron chi connectivity index (χ2n) is 4.92. The Morgan fingerprint density at radius 1 is 1.53 bits per heavy atom. The van der Waals surface area contributed by atoms with Crippen molar-refractivity contribution in [2.24, 2.45) is 5.92 Å². The quantitative estimate of drug-likeness (QED) is 0.658. The summed E-state index contributed by atoms with van der Waals surface area (Å²) in [7, 11) is 0. The Balaban J connectivity index is 1.70. The molecule has 0 aliphatic carbocycles. The van der Waals surface area contributed by atoms with Gasteiger partial charge in [0.2, 0.25) is 5.91 Å². The summed E-state index contributed by atoms with van der Waals surface area (Å²) in [5.74, 6) is 0.759. The molecule has 0 aromatic carbocycles. The smallest absolute Gasteiger partial charge is 0.234 e. The van der Waals surface area contributed by atoms with Gasteiger partial charge in [-0.05, 0) is 25.3 Å². The van der Waals surface area contributed by atoms with Crippen molar-refractivity contribution < 1.29 is 4.79 Å². The Hall–Kier alpha value is -1.12. The number of likely N-dealkylation sites (tertiary alicyclic amines) is 1. The predicted octanol–water partition coefficient (Wildman–Crippen LogP) is -0.300. The predicted molar refractivity (Wildman–Crippen MR) is 64.2 cm³/mol. The van der Waals surface area contributed by atoms with Crippen LogP contribution in [0, 0.1) is 17.2 Å². The summed E-state index contributed by atoms with van der Waals surface area (Å²) < 4.78 is 0. The van der Waals surface area contributed by atoms with E-state index in [0.29, 0.717) is 25.6 Å². The average molecular weight is 236 g/mol. The standard InChI is InChI=1S/C12H20N4O/c13-4-2-6-15-12(17)9-16-7-10-3-1-5-14-11(10)8-16/h10-11,14H,1-3,5-9H2,(H,15,17)/t10-,11+/m0/s1. The number of nitriles is 1. The third kappa shape index (κ3) is 3.42. The van der Waals surface area contributed by atoms with E-state index in [0.717, 1.165) is 25.6 Å². The molecule has 2 heterocycles. The van der Waals surface area contributed by atoms with Crippen LogP contribution in [0.1, 0.15) is 19.3 Å². The summed E-state index contributed by atoms with van der Waals surface area (Å²) in [6.07, 6.45) is 2.92. The minimum absolute atomic E-state index is 0.0406. The molecule has 0 bridgehead atoms. The number of hydrogen-bond acceptors (Lipinski definition) is 4. The average Bonchev–Trinajstić information content (AvgIpc) is 2.71. The zero-order valence-electron chi connectivity index (χ0n) is 10.1. The van der Waals surface area contributed by atoms with Gasteiger partial charge in [0, 0.05) is 25.7 Å². The van der Waals surface area contributed by atoms with Gasteiger partial charge in [0.1, 0.15) is 0 Å². The number of piperidine rings is 1. The van der Waals surface area contributed by atoms with Crippen LogP contribution >= 0.6 is 0 Å². The number of amides is 1. The van der Waals surface area contributed by atoms with Gasteiger partial charge in [-0.2, -0.15) is 5.26 Å². The number of carbonyl (C=O) groups excluding carboxylic acids is 1. The molecule has 5 heteroatoms. The van der Waals surface area contributed by atoms with Crippen molar-refractivity contribution in [3.8, 4) is 6.07 Å². The first kappa shape index (κ1) is 12.3. The lowest BCUT2D eigenvalue weighted by Gasteiger charge is -2.24. The molecular weight excluding hydrogens is 216 g/mol. The molecule has 2 aliphatic rings. The van der Waals surface area contributed by atoms with Gasteiger partial charge in [0.15, 0.2) is 0 Å². The van der Waals surface area contributed by atoms with E-state index in [-0.39, 0.29) is 5.91 Å². The summed E-state index contributed by atoms with van der Waals surface area (Å²) >= 11 is 0. The lowest BCUT2D eigenvalue weighted by atomic mass is 9.94. The molecular formula is C12H20N4O. The SMILES string of the molecule is N#CCCNC(=O)CN1C[C@@H]2CCCN[C@@H]2C1. The van der Waals surface area contributed by atoms with Gasteiger partial charge in [0.05, 0.1) is 19.0 Å². The Bertz CT molecular complexity index is 298. The Labute approximate surface area is 102 Å². The molecule has 0 aromatic heterocycles. The fraction of sp³-hybridized carbons (Fsp3) is 0.833. The Kier molecular flexibility index (Phi) is 4.35. The van der Waals surface area contributed by atoms with Crippen LogP contribution in [-0.2, 0) is 4.79 Å². The molecule has 94 valence electrons. The Morgan fingerprint density at radius 3 is 3.18 bits per heavy atom. The van der Waals surface area contributed by atoms with Gasteiger partial charge in [-0.1, -0.05) is 0 Å². The maximum Gasteiger partial charge on any atom is 0.234 e. The van der Waals surface area contributed by atoms with Crippen molar-refractivity contribution in [3.05, 3.63) is 0 Å². The summed E-state index contributed by atoms with van der Waals surface area (Å²) in [4.78, 5) is 13.8. The zero-order valence-corrected chi connectivity index (χ0v) is 10.1. The fourth-order valence-corrected chi connectivity index (χ4v) is 2.78. The van der Waals surface area contributed by atoms with E-state index in [2.05, 4.69) is 15.5 Å². The Morgan fingerprint density at radius 2 is 2.41 bits per heavy atom. The van der Waals surface area contributed by atoms with Crippen LogP contribution < -0.4 is 10.6 Å². The number of hydrogen-bond donors (Lipinski definition) is 2. The van der Waals surface area contributed by atoms with Gasteiger partial charge in [0.25, 0.3) is 0 Å². The highest BCUT2D eigenvalue weighted by atomic mass is 16.2. The first-order valence-corrected chi connectivity index (χ1v) is 6.39. The van der Waals surface area contributed by atoms with E-state index in [4.69, 9.17) is 5.26 Å². The summed E-state index contributed by atoms with van der Waals surface area (Å²) in [6, 6.07) is 2.60. The molecule has 2 aliphatic heterocycles. The lowest BCUT2D eigenvalue weighted by Crippen LogP contribution is -2.41. The van der Waals surface area contributed by atoms with Gasteiger partial charge in [-0.15, -0.1) is 0 Å². The molecule has 2 fully saturated rings. The second-order valence-corrected chi connectivity index (χ2v) is 4.92. The molecule has 0 saturated carbocycles. The third-order valence-corrected chi connectivity index (χ3v) is 3.60. The van der Waals surface area contributed by atoms with Crippen molar-refractivity contribution in [1.29, 1.82) is 5.26 Å². The minimum atomic E-state index is 0.0406. The molecule has 0 spiro atoms. The van der Waals surface area contributed by atoms with Gasteiger partial charge >= 0.3 is 0 Å². The van der Waals surface area contributed by atoms with Crippen LogP contribution in [0.3, 0.4) is 0 Å². The topological polar surface area (TPSA) is 68.2 Å². The first-order valence-electron chi connectivity index (χ1n) is 6.39. The van der Waals surface area contributed by atoms with E-state index < -0.39 is 0 Å². The molecule has 2 atom stereocenters. The van der Waals surface area contributed by atoms with Crippen LogP contribution in [-0.4, -0.2) is 49.6 Å². The van der Waals surface area contributed by atoms with Crippen molar-refractivity contribution in [2.45, 2.75) is 25.3 Å². The molecule has 5 nitrogen and oxygen atoms in total. The monoisotopic (exact) mass is 236 g/mol.